The van der Waals surface area contributed by atoms with Crippen molar-refractivity contribution in [1.82, 2.24) is 10.2 Å². The summed E-state index contributed by atoms with van der Waals surface area (Å²) in [5, 5.41) is 11.7. The molecule has 1 saturated heterocycles. The van der Waals surface area contributed by atoms with Crippen LogP contribution >= 0.6 is 15.9 Å². The second-order valence-electron chi connectivity index (χ2n) is 5.01. The summed E-state index contributed by atoms with van der Waals surface area (Å²) in [6.45, 7) is 3.23. The van der Waals surface area contributed by atoms with Crippen molar-refractivity contribution in [2.75, 3.05) is 13.1 Å². The van der Waals surface area contributed by atoms with Crippen LogP contribution in [-0.4, -0.2) is 35.1 Å². The highest BCUT2D eigenvalue weighted by molar-refractivity contribution is 9.10. The number of likely N-dealkylation sites (tertiary alicyclic amines) is 1. The summed E-state index contributed by atoms with van der Waals surface area (Å²) in [7, 11) is 0. The van der Waals surface area contributed by atoms with E-state index in [1.807, 2.05) is 25.1 Å². The van der Waals surface area contributed by atoms with Crippen molar-refractivity contribution >= 4 is 27.9 Å². The summed E-state index contributed by atoms with van der Waals surface area (Å²) in [4.78, 5) is 24.4. The van der Waals surface area contributed by atoms with Crippen molar-refractivity contribution in [3.05, 3.63) is 33.8 Å². The molecule has 108 valence electrons. The zero-order valence-electron chi connectivity index (χ0n) is 11.2. The number of carboxylic acids is 1. The van der Waals surface area contributed by atoms with Crippen LogP contribution in [0.5, 0.6) is 0 Å². The van der Waals surface area contributed by atoms with Crippen LogP contribution in [0.15, 0.2) is 22.7 Å². The Labute approximate surface area is 126 Å². The molecule has 0 spiro atoms. The predicted octanol–water partition coefficient (Wildman–Crippen LogP) is 2.37. The topological polar surface area (TPSA) is 69.6 Å². The molecule has 5 nitrogen and oxygen atoms in total. The lowest BCUT2D eigenvalue weighted by Gasteiger charge is -2.17. The van der Waals surface area contributed by atoms with E-state index < -0.39 is 11.9 Å². The van der Waals surface area contributed by atoms with Gasteiger partial charge in [0.05, 0.1) is 5.92 Å². The summed E-state index contributed by atoms with van der Waals surface area (Å²) >= 11 is 3.43. The number of amides is 2. The number of aryl methyl sites for hydroxylation is 1. The predicted molar refractivity (Wildman–Crippen MR) is 78.4 cm³/mol. The number of nitrogens with one attached hydrogen (secondary N) is 1. The fraction of sp³-hybridized carbons (Fsp3) is 0.429. The molecule has 2 amide bonds. The fourth-order valence-corrected chi connectivity index (χ4v) is 2.50. The number of nitrogens with zero attached hydrogens (tertiary/aromatic N) is 1. The van der Waals surface area contributed by atoms with Crippen molar-refractivity contribution in [2.24, 2.45) is 5.92 Å². The standard InChI is InChI=1S/C14H17BrN2O3/c1-9-6-10(2-3-12(9)15)7-16-14(20)17-5-4-11(8-17)13(18)19/h2-3,6,11H,4-5,7-8H2,1H3,(H,16,20)(H,18,19). The zero-order valence-corrected chi connectivity index (χ0v) is 12.8. The first-order valence-corrected chi connectivity index (χ1v) is 7.27. The normalized spacial score (nSPS) is 18.1. The summed E-state index contributed by atoms with van der Waals surface area (Å²) < 4.78 is 1.04. The van der Waals surface area contributed by atoms with Crippen molar-refractivity contribution in [3.8, 4) is 0 Å². The van der Waals surface area contributed by atoms with Gasteiger partial charge in [0.1, 0.15) is 0 Å². The summed E-state index contributed by atoms with van der Waals surface area (Å²) in [5.41, 5.74) is 2.14. The Morgan fingerprint density at radius 1 is 1.50 bits per heavy atom. The van der Waals surface area contributed by atoms with E-state index in [1.165, 1.54) is 0 Å². The van der Waals surface area contributed by atoms with Crippen molar-refractivity contribution < 1.29 is 14.7 Å². The van der Waals surface area contributed by atoms with Crippen LogP contribution in [0.2, 0.25) is 0 Å². The molecule has 1 aliphatic heterocycles. The molecule has 20 heavy (non-hydrogen) atoms. The number of urea groups is 1. The van der Waals surface area contributed by atoms with E-state index in [1.54, 1.807) is 4.90 Å². The Bertz CT molecular complexity index is 533. The van der Waals surface area contributed by atoms with Crippen LogP contribution in [0.4, 0.5) is 4.79 Å². The molecule has 1 aliphatic rings. The number of rotatable bonds is 3. The maximum absolute atomic E-state index is 12.0. The van der Waals surface area contributed by atoms with Crippen molar-refractivity contribution in [1.29, 1.82) is 0 Å². The van der Waals surface area contributed by atoms with E-state index in [0.29, 0.717) is 26.1 Å². The number of carboxylic acid groups (broad SMARTS) is 1. The Balaban J connectivity index is 1.86. The maximum Gasteiger partial charge on any atom is 0.317 e. The van der Waals surface area contributed by atoms with E-state index in [9.17, 15) is 9.59 Å². The third kappa shape index (κ3) is 3.50. The molecule has 0 bridgehead atoms. The zero-order chi connectivity index (χ0) is 14.7. The van der Waals surface area contributed by atoms with Gasteiger partial charge in [-0.2, -0.15) is 0 Å². The average Bonchev–Trinajstić information content (AvgIpc) is 2.89. The fourth-order valence-electron chi connectivity index (χ4n) is 2.25. The quantitative estimate of drug-likeness (QED) is 0.887. The largest absolute Gasteiger partial charge is 0.481 e. The highest BCUT2D eigenvalue weighted by atomic mass is 79.9. The number of hydrogen-bond donors (Lipinski definition) is 2. The van der Waals surface area contributed by atoms with Gasteiger partial charge in [-0.25, -0.2) is 4.79 Å². The molecule has 1 aromatic rings. The van der Waals surface area contributed by atoms with Gasteiger partial charge in [-0.05, 0) is 30.5 Å². The highest BCUT2D eigenvalue weighted by Gasteiger charge is 2.30. The van der Waals surface area contributed by atoms with E-state index in [0.717, 1.165) is 15.6 Å². The van der Waals surface area contributed by atoms with Gasteiger partial charge in [0.15, 0.2) is 0 Å². The molecule has 0 aromatic heterocycles. The number of halogens is 1. The number of carbonyl (C=O) groups is 2. The third-order valence-corrected chi connectivity index (χ3v) is 4.38. The van der Waals surface area contributed by atoms with E-state index in [-0.39, 0.29) is 6.03 Å². The molecular weight excluding hydrogens is 324 g/mol. The number of benzene rings is 1. The van der Waals surface area contributed by atoms with Crippen LogP contribution in [0.1, 0.15) is 17.5 Å². The van der Waals surface area contributed by atoms with Crippen LogP contribution in [0, 0.1) is 12.8 Å². The molecule has 2 N–H and O–H groups in total. The molecule has 0 aliphatic carbocycles. The summed E-state index contributed by atoms with van der Waals surface area (Å²) in [5.74, 6) is -1.26. The molecule has 1 heterocycles. The molecule has 1 atom stereocenters. The SMILES string of the molecule is Cc1cc(CNC(=O)N2CCC(C(=O)O)C2)ccc1Br. The van der Waals surface area contributed by atoms with Gasteiger partial charge < -0.3 is 15.3 Å². The second-order valence-corrected chi connectivity index (χ2v) is 5.87. The van der Waals surface area contributed by atoms with E-state index in [4.69, 9.17) is 5.11 Å². The van der Waals surface area contributed by atoms with Crippen LogP contribution < -0.4 is 5.32 Å². The van der Waals surface area contributed by atoms with Gasteiger partial charge in [-0.1, -0.05) is 28.1 Å². The minimum atomic E-state index is -0.830. The molecular formula is C14H17BrN2O3. The van der Waals surface area contributed by atoms with Gasteiger partial charge in [0, 0.05) is 24.1 Å². The first-order valence-electron chi connectivity index (χ1n) is 6.48. The first kappa shape index (κ1) is 14.8. The minimum absolute atomic E-state index is 0.200. The van der Waals surface area contributed by atoms with Gasteiger partial charge in [0.25, 0.3) is 0 Å². The van der Waals surface area contributed by atoms with Gasteiger partial charge >= 0.3 is 12.0 Å². The third-order valence-electron chi connectivity index (χ3n) is 3.49. The smallest absolute Gasteiger partial charge is 0.317 e. The molecule has 1 aromatic carbocycles. The van der Waals surface area contributed by atoms with Crippen LogP contribution in [-0.2, 0) is 11.3 Å². The lowest BCUT2D eigenvalue weighted by Crippen LogP contribution is -2.38. The molecule has 0 saturated carbocycles. The van der Waals surface area contributed by atoms with Crippen molar-refractivity contribution in [2.45, 2.75) is 19.9 Å². The molecule has 6 heteroatoms. The van der Waals surface area contributed by atoms with E-state index in [2.05, 4.69) is 21.2 Å². The Morgan fingerprint density at radius 2 is 2.25 bits per heavy atom. The van der Waals surface area contributed by atoms with Gasteiger partial charge in [0.2, 0.25) is 0 Å². The summed E-state index contributed by atoms with van der Waals surface area (Å²) in [6.07, 6.45) is 0.528. The first-order chi connectivity index (χ1) is 9.47. The highest BCUT2D eigenvalue weighted by Crippen LogP contribution is 2.18. The molecule has 2 rings (SSSR count). The van der Waals surface area contributed by atoms with Crippen LogP contribution in [0.3, 0.4) is 0 Å². The lowest BCUT2D eigenvalue weighted by molar-refractivity contribution is -0.141. The Hall–Kier alpha value is -1.56. The Morgan fingerprint density at radius 3 is 2.85 bits per heavy atom. The molecule has 1 unspecified atom stereocenters. The maximum atomic E-state index is 12.0. The molecule has 1 fully saturated rings. The minimum Gasteiger partial charge on any atom is -0.481 e. The van der Waals surface area contributed by atoms with E-state index >= 15 is 0 Å². The van der Waals surface area contributed by atoms with Gasteiger partial charge in [-0.15, -0.1) is 0 Å². The average molecular weight is 341 g/mol. The lowest BCUT2D eigenvalue weighted by atomic mass is 10.1. The van der Waals surface area contributed by atoms with Crippen molar-refractivity contribution in [3.63, 3.8) is 0 Å². The number of aliphatic carboxylic acids is 1. The Kier molecular flexibility index (Phi) is 4.65. The van der Waals surface area contributed by atoms with Crippen LogP contribution in [0.25, 0.3) is 0 Å². The molecule has 0 radical (unpaired) electrons. The number of carbonyl (C=O) groups excluding carboxylic acids is 1. The van der Waals surface area contributed by atoms with Gasteiger partial charge in [-0.3, -0.25) is 4.79 Å². The second kappa shape index (κ2) is 6.26. The summed E-state index contributed by atoms with van der Waals surface area (Å²) in [6, 6.07) is 5.71. The monoisotopic (exact) mass is 340 g/mol. The number of hydrogen-bond acceptors (Lipinski definition) is 2.